The lowest BCUT2D eigenvalue weighted by molar-refractivity contribution is -0.163. The van der Waals surface area contributed by atoms with E-state index in [0.29, 0.717) is 19.4 Å². The minimum absolute atomic E-state index is 0.0855. The average Bonchev–Trinajstić information content (AvgIpc) is 3.25. The van der Waals surface area contributed by atoms with Crippen LogP contribution in [0.3, 0.4) is 0 Å². The summed E-state index contributed by atoms with van der Waals surface area (Å²) in [6.45, 7) is 7.81. The number of esters is 2. The van der Waals surface area contributed by atoms with Gasteiger partial charge in [0.1, 0.15) is 6.61 Å². The molecule has 0 aliphatic heterocycles. The highest BCUT2D eigenvalue weighted by atomic mass is 16.6. The minimum Gasteiger partial charge on any atom is -0.462 e. The Bertz CT molecular complexity index is 955. The van der Waals surface area contributed by atoms with Gasteiger partial charge in [0.05, 0.1) is 6.61 Å². The normalized spacial score (nSPS) is 12.4. The number of carbonyl (C=O) groups excluding carboxylic acids is 2. The van der Waals surface area contributed by atoms with Crippen molar-refractivity contribution < 1.29 is 23.8 Å². The van der Waals surface area contributed by atoms with Gasteiger partial charge >= 0.3 is 11.9 Å². The summed E-state index contributed by atoms with van der Waals surface area (Å²) in [7, 11) is 0. The first-order chi connectivity index (χ1) is 29.6. The Balaban J connectivity index is 4.13. The highest BCUT2D eigenvalue weighted by Crippen LogP contribution is 2.15. The molecule has 5 heteroatoms. The molecule has 0 aliphatic carbocycles. The van der Waals surface area contributed by atoms with Crippen LogP contribution in [0.4, 0.5) is 0 Å². The predicted molar refractivity (Wildman–Crippen MR) is 261 cm³/mol. The Kier molecular flexibility index (Phi) is 49.9. The van der Waals surface area contributed by atoms with E-state index in [2.05, 4.69) is 57.2 Å². The van der Waals surface area contributed by atoms with Gasteiger partial charge in [-0.1, -0.05) is 224 Å². The molecule has 0 spiro atoms. The van der Waals surface area contributed by atoms with Crippen molar-refractivity contribution in [2.45, 2.75) is 284 Å². The topological polar surface area (TPSA) is 61.8 Å². The average molecular weight is 843 g/mol. The van der Waals surface area contributed by atoms with Crippen molar-refractivity contribution >= 4 is 11.9 Å². The first-order valence-corrected chi connectivity index (χ1v) is 26.5. The van der Waals surface area contributed by atoms with Crippen LogP contribution in [0, 0.1) is 0 Å². The van der Waals surface area contributed by atoms with E-state index in [1.807, 2.05) is 0 Å². The molecule has 0 saturated heterocycles. The number of carbonyl (C=O) groups is 2. The molecule has 0 rings (SSSR count). The summed E-state index contributed by atoms with van der Waals surface area (Å²) in [4.78, 5) is 25.4. The summed E-state index contributed by atoms with van der Waals surface area (Å²) in [5.74, 6) is -0.395. The fraction of sp³-hybridized carbons (Fsp3) is 0.855. The maximum Gasteiger partial charge on any atom is 0.306 e. The fourth-order valence-electron chi connectivity index (χ4n) is 7.65. The number of rotatable bonds is 49. The summed E-state index contributed by atoms with van der Waals surface area (Å²) in [6, 6.07) is 0. The molecule has 352 valence electrons. The van der Waals surface area contributed by atoms with Gasteiger partial charge in [-0.15, -0.1) is 0 Å². The van der Waals surface area contributed by atoms with Gasteiger partial charge in [-0.05, 0) is 77.0 Å². The van der Waals surface area contributed by atoms with Crippen LogP contribution in [0.15, 0.2) is 36.5 Å². The standard InChI is InChI=1S/C55H102O5/c1-4-7-10-13-16-19-21-23-25-27-28-30-31-33-35-37-39-42-45-48-54(56)59-52-53(51-58-50-47-44-41-18-15-12-9-6-3)60-55(57)49-46-43-40-38-36-34-32-29-26-24-22-20-17-14-11-8-5-2/h16,19,23-26,53H,4-15,17-18,20-22,27-52H2,1-3H3/b19-16-,25-23-,26-24-. The molecule has 0 radical (unpaired) electrons. The maximum absolute atomic E-state index is 12.8. The predicted octanol–water partition coefficient (Wildman–Crippen LogP) is 17.8. The lowest BCUT2D eigenvalue weighted by Crippen LogP contribution is -2.30. The van der Waals surface area contributed by atoms with E-state index >= 15 is 0 Å². The van der Waals surface area contributed by atoms with Crippen molar-refractivity contribution in [1.82, 2.24) is 0 Å². The molecule has 0 aliphatic rings. The van der Waals surface area contributed by atoms with Gasteiger partial charge in [0, 0.05) is 19.4 Å². The molecular weight excluding hydrogens is 741 g/mol. The van der Waals surface area contributed by atoms with E-state index in [1.54, 1.807) is 0 Å². The van der Waals surface area contributed by atoms with Crippen molar-refractivity contribution in [2.24, 2.45) is 0 Å². The van der Waals surface area contributed by atoms with E-state index in [9.17, 15) is 9.59 Å². The van der Waals surface area contributed by atoms with Gasteiger partial charge in [0.15, 0.2) is 6.10 Å². The zero-order valence-corrected chi connectivity index (χ0v) is 40.5. The molecule has 0 bridgehead atoms. The van der Waals surface area contributed by atoms with E-state index in [-0.39, 0.29) is 25.2 Å². The zero-order chi connectivity index (χ0) is 43.5. The van der Waals surface area contributed by atoms with E-state index in [0.717, 1.165) is 44.9 Å². The van der Waals surface area contributed by atoms with Crippen LogP contribution in [-0.4, -0.2) is 37.9 Å². The molecule has 0 saturated carbocycles. The van der Waals surface area contributed by atoms with Crippen molar-refractivity contribution in [2.75, 3.05) is 19.8 Å². The van der Waals surface area contributed by atoms with Crippen LogP contribution in [0.2, 0.25) is 0 Å². The molecular formula is C55H102O5. The van der Waals surface area contributed by atoms with Gasteiger partial charge in [-0.25, -0.2) is 0 Å². The largest absolute Gasteiger partial charge is 0.462 e. The second kappa shape index (κ2) is 51.5. The van der Waals surface area contributed by atoms with Gasteiger partial charge in [-0.2, -0.15) is 0 Å². The van der Waals surface area contributed by atoms with Crippen molar-refractivity contribution in [3.63, 3.8) is 0 Å². The van der Waals surface area contributed by atoms with Gasteiger partial charge in [0.25, 0.3) is 0 Å². The molecule has 0 fully saturated rings. The smallest absolute Gasteiger partial charge is 0.306 e. The number of hydrogen-bond donors (Lipinski definition) is 0. The number of hydrogen-bond acceptors (Lipinski definition) is 5. The van der Waals surface area contributed by atoms with Gasteiger partial charge < -0.3 is 14.2 Å². The Labute approximate surface area is 374 Å². The Morgan fingerprint density at radius 1 is 0.367 bits per heavy atom. The first kappa shape index (κ1) is 58.1. The highest BCUT2D eigenvalue weighted by Gasteiger charge is 2.17. The summed E-state index contributed by atoms with van der Waals surface area (Å²) >= 11 is 0. The third-order valence-electron chi connectivity index (χ3n) is 11.6. The molecule has 0 aromatic heterocycles. The van der Waals surface area contributed by atoms with Crippen LogP contribution in [0.25, 0.3) is 0 Å². The third kappa shape index (κ3) is 48.8. The molecule has 0 aromatic carbocycles. The van der Waals surface area contributed by atoms with Crippen LogP contribution in [0.5, 0.6) is 0 Å². The second-order valence-corrected chi connectivity index (χ2v) is 17.8. The Hall–Kier alpha value is -1.88. The molecule has 0 aromatic rings. The molecule has 5 nitrogen and oxygen atoms in total. The van der Waals surface area contributed by atoms with Gasteiger partial charge in [0.2, 0.25) is 0 Å². The summed E-state index contributed by atoms with van der Waals surface area (Å²) in [6.07, 6.45) is 61.5. The number of allylic oxidation sites excluding steroid dienone is 6. The molecule has 0 heterocycles. The van der Waals surface area contributed by atoms with Crippen LogP contribution < -0.4 is 0 Å². The Morgan fingerprint density at radius 3 is 1.15 bits per heavy atom. The quantitative estimate of drug-likeness (QED) is 0.0347. The monoisotopic (exact) mass is 843 g/mol. The van der Waals surface area contributed by atoms with Gasteiger partial charge in [-0.3, -0.25) is 9.59 Å². The summed E-state index contributed by atoms with van der Waals surface area (Å²) in [5, 5.41) is 0. The molecule has 1 unspecified atom stereocenters. The SMILES string of the molecule is CCCCC/C=C\C/C=C\CCCCCCCCCCCC(=O)OCC(COCCCCCCCCCC)OC(=O)CCCCCCCCC/C=C\CCCCCCCC. The molecule has 0 amide bonds. The summed E-state index contributed by atoms with van der Waals surface area (Å²) < 4.78 is 17.4. The van der Waals surface area contributed by atoms with Crippen LogP contribution >= 0.6 is 0 Å². The fourth-order valence-corrected chi connectivity index (χ4v) is 7.65. The first-order valence-electron chi connectivity index (χ1n) is 26.5. The lowest BCUT2D eigenvalue weighted by atomic mass is 10.1. The van der Waals surface area contributed by atoms with Crippen LogP contribution in [-0.2, 0) is 23.8 Å². The maximum atomic E-state index is 12.8. The van der Waals surface area contributed by atoms with E-state index in [1.165, 1.54) is 199 Å². The van der Waals surface area contributed by atoms with Crippen molar-refractivity contribution in [3.05, 3.63) is 36.5 Å². The second-order valence-electron chi connectivity index (χ2n) is 17.8. The van der Waals surface area contributed by atoms with Crippen LogP contribution in [0.1, 0.15) is 278 Å². The Morgan fingerprint density at radius 2 is 0.700 bits per heavy atom. The lowest BCUT2D eigenvalue weighted by Gasteiger charge is -2.18. The highest BCUT2D eigenvalue weighted by molar-refractivity contribution is 5.70. The minimum atomic E-state index is -0.534. The summed E-state index contributed by atoms with van der Waals surface area (Å²) in [5.41, 5.74) is 0. The molecule has 0 N–H and O–H groups in total. The molecule has 60 heavy (non-hydrogen) atoms. The van der Waals surface area contributed by atoms with E-state index < -0.39 is 6.10 Å². The van der Waals surface area contributed by atoms with E-state index in [4.69, 9.17) is 14.2 Å². The van der Waals surface area contributed by atoms with Crippen molar-refractivity contribution in [1.29, 1.82) is 0 Å². The zero-order valence-electron chi connectivity index (χ0n) is 40.5. The third-order valence-corrected chi connectivity index (χ3v) is 11.6. The number of ether oxygens (including phenoxy) is 3. The van der Waals surface area contributed by atoms with Crippen molar-refractivity contribution in [3.8, 4) is 0 Å². The molecule has 1 atom stereocenters. The number of unbranched alkanes of at least 4 members (excludes halogenated alkanes) is 32.